The normalized spacial score (nSPS) is 14.0. The smallest absolute Gasteiger partial charge is 0.319 e. The Labute approximate surface area is 153 Å². The molecule has 26 heavy (non-hydrogen) atoms. The van der Waals surface area contributed by atoms with E-state index in [4.69, 9.17) is 0 Å². The van der Waals surface area contributed by atoms with E-state index >= 15 is 0 Å². The molecule has 2 aromatic rings. The number of hydrogen-bond acceptors (Lipinski definition) is 4. The van der Waals surface area contributed by atoms with Gasteiger partial charge in [0.05, 0.1) is 0 Å². The Morgan fingerprint density at radius 3 is 2.38 bits per heavy atom. The Morgan fingerprint density at radius 1 is 0.962 bits per heavy atom. The summed E-state index contributed by atoms with van der Waals surface area (Å²) >= 11 is 0. The highest BCUT2D eigenvalue weighted by atomic mass is 16.2. The highest BCUT2D eigenvalue weighted by Gasteiger charge is 2.21. The lowest BCUT2D eigenvalue weighted by molar-refractivity contribution is -0.131. The van der Waals surface area contributed by atoms with Crippen molar-refractivity contribution in [2.45, 2.75) is 6.42 Å². The molecule has 0 bridgehead atoms. The lowest BCUT2D eigenvalue weighted by Gasteiger charge is -2.35. The van der Waals surface area contributed by atoms with Crippen LogP contribution in [-0.4, -0.2) is 54.5 Å². The molecule has 2 heterocycles. The SMILES string of the molecule is O=C(NCCC(=O)N1CCN(c2ccccn2)CC1)Nc1ccccc1. The van der Waals surface area contributed by atoms with Crippen LogP contribution in [0.5, 0.6) is 0 Å². The van der Waals surface area contributed by atoms with Gasteiger partial charge in [-0.15, -0.1) is 0 Å². The molecule has 1 aliphatic heterocycles. The van der Waals surface area contributed by atoms with Crippen LogP contribution in [0.3, 0.4) is 0 Å². The standard InChI is InChI=1S/C19H23N5O2/c25-18(9-11-21-19(26)22-16-6-2-1-3-7-16)24-14-12-23(13-15-24)17-8-4-5-10-20-17/h1-8,10H,9,11-15H2,(H2,21,22,26). The van der Waals surface area contributed by atoms with Crippen LogP contribution in [0.2, 0.25) is 0 Å². The second kappa shape index (κ2) is 8.84. The quantitative estimate of drug-likeness (QED) is 0.861. The fraction of sp³-hybridized carbons (Fsp3) is 0.316. The van der Waals surface area contributed by atoms with Crippen LogP contribution in [0.15, 0.2) is 54.7 Å². The first-order valence-electron chi connectivity index (χ1n) is 8.76. The van der Waals surface area contributed by atoms with E-state index in [1.165, 1.54) is 0 Å². The number of pyridine rings is 1. The number of carbonyl (C=O) groups excluding carboxylic acids is 2. The summed E-state index contributed by atoms with van der Waals surface area (Å²) in [5, 5.41) is 5.45. The summed E-state index contributed by atoms with van der Waals surface area (Å²) in [5.74, 6) is 1.00. The van der Waals surface area contributed by atoms with Gasteiger partial charge in [-0.05, 0) is 24.3 Å². The molecule has 0 aliphatic carbocycles. The number of anilines is 2. The number of hydrogen-bond donors (Lipinski definition) is 2. The van der Waals surface area contributed by atoms with E-state index in [0.29, 0.717) is 26.1 Å². The molecule has 3 amide bonds. The summed E-state index contributed by atoms with van der Waals surface area (Å²) in [5.41, 5.74) is 0.724. The number of rotatable bonds is 5. The van der Waals surface area contributed by atoms with Crippen LogP contribution < -0.4 is 15.5 Å². The van der Waals surface area contributed by atoms with E-state index in [9.17, 15) is 9.59 Å². The Balaban J connectivity index is 1.36. The minimum Gasteiger partial charge on any atom is -0.353 e. The molecule has 3 rings (SSSR count). The lowest BCUT2D eigenvalue weighted by Crippen LogP contribution is -2.49. The predicted octanol–water partition coefficient (Wildman–Crippen LogP) is 1.94. The number of aromatic nitrogens is 1. The minimum atomic E-state index is -0.302. The van der Waals surface area contributed by atoms with Crippen LogP contribution >= 0.6 is 0 Å². The van der Waals surface area contributed by atoms with Gasteiger partial charge in [-0.25, -0.2) is 9.78 Å². The highest BCUT2D eigenvalue weighted by Crippen LogP contribution is 2.13. The van der Waals surface area contributed by atoms with Gasteiger partial charge in [0, 0.05) is 51.0 Å². The van der Waals surface area contributed by atoms with E-state index in [0.717, 1.165) is 24.6 Å². The van der Waals surface area contributed by atoms with Gasteiger partial charge in [-0.1, -0.05) is 24.3 Å². The highest BCUT2D eigenvalue weighted by molar-refractivity contribution is 5.89. The Hall–Kier alpha value is -3.09. The number of amides is 3. The van der Waals surface area contributed by atoms with Crippen molar-refractivity contribution in [1.82, 2.24) is 15.2 Å². The molecule has 0 saturated carbocycles. The molecule has 0 radical (unpaired) electrons. The van der Waals surface area contributed by atoms with Crippen molar-refractivity contribution in [2.24, 2.45) is 0 Å². The lowest BCUT2D eigenvalue weighted by atomic mass is 10.2. The first-order chi connectivity index (χ1) is 12.7. The van der Waals surface area contributed by atoms with Crippen molar-refractivity contribution in [2.75, 3.05) is 42.9 Å². The maximum Gasteiger partial charge on any atom is 0.319 e. The molecule has 7 nitrogen and oxygen atoms in total. The number of nitrogens with one attached hydrogen (secondary N) is 2. The van der Waals surface area contributed by atoms with Gasteiger partial charge in [0.25, 0.3) is 0 Å². The molecule has 1 aromatic heterocycles. The number of para-hydroxylation sites is 1. The molecule has 7 heteroatoms. The van der Waals surface area contributed by atoms with Crippen LogP contribution in [0.25, 0.3) is 0 Å². The monoisotopic (exact) mass is 353 g/mol. The molecular formula is C19H23N5O2. The van der Waals surface area contributed by atoms with Gasteiger partial charge < -0.3 is 20.4 Å². The molecule has 1 aromatic carbocycles. The molecular weight excluding hydrogens is 330 g/mol. The number of nitrogens with zero attached hydrogens (tertiary/aromatic N) is 3. The maximum absolute atomic E-state index is 12.3. The Bertz CT molecular complexity index is 715. The summed E-state index contributed by atoms with van der Waals surface area (Å²) in [6.07, 6.45) is 2.07. The maximum atomic E-state index is 12.3. The second-order valence-electron chi connectivity index (χ2n) is 6.05. The molecule has 0 spiro atoms. The summed E-state index contributed by atoms with van der Waals surface area (Å²) in [6.45, 7) is 3.20. The largest absolute Gasteiger partial charge is 0.353 e. The third kappa shape index (κ3) is 4.95. The van der Waals surface area contributed by atoms with Crippen molar-refractivity contribution in [1.29, 1.82) is 0 Å². The van der Waals surface area contributed by atoms with Gasteiger partial charge in [-0.2, -0.15) is 0 Å². The fourth-order valence-electron chi connectivity index (χ4n) is 2.86. The van der Waals surface area contributed by atoms with Gasteiger partial charge in [0.1, 0.15) is 5.82 Å². The van der Waals surface area contributed by atoms with Crippen LogP contribution in [0.4, 0.5) is 16.3 Å². The second-order valence-corrected chi connectivity index (χ2v) is 6.05. The molecule has 0 unspecified atom stereocenters. The zero-order valence-corrected chi connectivity index (χ0v) is 14.6. The average molecular weight is 353 g/mol. The van der Waals surface area contributed by atoms with Crippen molar-refractivity contribution < 1.29 is 9.59 Å². The molecule has 1 aliphatic rings. The summed E-state index contributed by atoms with van der Waals surface area (Å²) in [6, 6.07) is 14.7. The molecule has 136 valence electrons. The zero-order valence-electron chi connectivity index (χ0n) is 14.6. The van der Waals surface area contributed by atoms with Crippen molar-refractivity contribution in [3.8, 4) is 0 Å². The topological polar surface area (TPSA) is 77.6 Å². The summed E-state index contributed by atoms with van der Waals surface area (Å²) in [7, 11) is 0. The van der Waals surface area contributed by atoms with Gasteiger partial charge in [0.15, 0.2) is 0 Å². The van der Waals surface area contributed by atoms with Crippen molar-refractivity contribution in [3.63, 3.8) is 0 Å². The van der Waals surface area contributed by atoms with E-state index in [2.05, 4.69) is 20.5 Å². The summed E-state index contributed by atoms with van der Waals surface area (Å²) in [4.78, 5) is 32.5. The molecule has 2 N–H and O–H groups in total. The Morgan fingerprint density at radius 2 is 1.69 bits per heavy atom. The van der Waals surface area contributed by atoms with E-state index < -0.39 is 0 Å². The number of benzene rings is 1. The first-order valence-corrected chi connectivity index (χ1v) is 8.76. The van der Waals surface area contributed by atoms with Gasteiger partial charge in [0.2, 0.25) is 5.91 Å². The average Bonchev–Trinajstić information content (AvgIpc) is 2.69. The third-order valence-corrected chi connectivity index (χ3v) is 4.26. The van der Waals surface area contributed by atoms with Crippen molar-refractivity contribution >= 4 is 23.4 Å². The number of urea groups is 1. The van der Waals surface area contributed by atoms with E-state index in [1.54, 1.807) is 6.20 Å². The van der Waals surface area contributed by atoms with E-state index in [-0.39, 0.29) is 11.9 Å². The predicted molar refractivity (Wildman–Crippen MR) is 101 cm³/mol. The molecule has 1 fully saturated rings. The molecule has 0 atom stereocenters. The third-order valence-electron chi connectivity index (χ3n) is 4.26. The number of carbonyl (C=O) groups is 2. The molecule has 1 saturated heterocycles. The zero-order chi connectivity index (χ0) is 18.2. The summed E-state index contributed by atoms with van der Waals surface area (Å²) < 4.78 is 0. The van der Waals surface area contributed by atoms with Crippen molar-refractivity contribution in [3.05, 3.63) is 54.7 Å². The Kier molecular flexibility index (Phi) is 6.03. The number of piperazine rings is 1. The van der Waals surface area contributed by atoms with Gasteiger partial charge in [-0.3, -0.25) is 4.79 Å². The van der Waals surface area contributed by atoms with Crippen LogP contribution in [0, 0.1) is 0 Å². The van der Waals surface area contributed by atoms with Gasteiger partial charge >= 0.3 is 6.03 Å². The first kappa shape index (κ1) is 17.7. The van der Waals surface area contributed by atoms with Crippen LogP contribution in [0.1, 0.15) is 6.42 Å². The van der Waals surface area contributed by atoms with E-state index in [1.807, 2.05) is 53.4 Å². The minimum absolute atomic E-state index is 0.0608. The van der Waals surface area contributed by atoms with Crippen LogP contribution in [-0.2, 0) is 4.79 Å². The fourth-order valence-corrected chi connectivity index (χ4v) is 2.86.